The number of nitrogens with zero attached hydrogens (tertiary/aromatic N) is 6. The monoisotopic (exact) mass is 443 g/mol. The molecule has 3 aliphatic heterocycles. The molecule has 1 aromatic rings. The van der Waals surface area contributed by atoms with Gasteiger partial charge in [-0.05, 0) is 44.5 Å². The topological polar surface area (TPSA) is 76.5 Å². The number of aromatic nitrogens is 1. The first-order valence-corrected chi connectivity index (χ1v) is 12.0. The van der Waals surface area contributed by atoms with Gasteiger partial charge in [-0.25, -0.2) is 9.98 Å². The summed E-state index contributed by atoms with van der Waals surface area (Å²) in [6, 6.07) is 4.21. The van der Waals surface area contributed by atoms with Crippen LogP contribution in [0.3, 0.4) is 0 Å². The van der Waals surface area contributed by atoms with Gasteiger partial charge in [-0.15, -0.1) is 0 Å². The van der Waals surface area contributed by atoms with Crippen molar-refractivity contribution in [3.8, 4) is 0 Å². The number of aliphatic imine (C=N–C) groups is 1. The zero-order valence-corrected chi connectivity index (χ0v) is 19.5. The van der Waals surface area contributed by atoms with Gasteiger partial charge in [0.2, 0.25) is 0 Å². The lowest BCUT2D eigenvalue weighted by molar-refractivity contribution is -0.142. The minimum Gasteiger partial charge on any atom is -0.368 e. The van der Waals surface area contributed by atoms with E-state index in [1.54, 1.807) is 0 Å². The van der Waals surface area contributed by atoms with Crippen molar-refractivity contribution in [3.63, 3.8) is 0 Å². The molecule has 0 aromatic carbocycles. The Morgan fingerprint density at radius 3 is 2.59 bits per heavy atom. The van der Waals surface area contributed by atoms with Gasteiger partial charge in [0, 0.05) is 71.7 Å². The molecule has 1 unspecified atom stereocenters. The number of anilines is 1. The van der Waals surface area contributed by atoms with Crippen LogP contribution in [0.25, 0.3) is 0 Å². The summed E-state index contributed by atoms with van der Waals surface area (Å²) < 4.78 is 5.58. The van der Waals surface area contributed by atoms with Gasteiger partial charge < -0.3 is 29.7 Å². The number of carbonyl (C=O) groups excluding carboxylic acids is 1. The fourth-order valence-corrected chi connectivity index (χ4v) is 4.47. The van der Waals surface area contributed by atoms with Crippen molar-refractivity contribution in [3.05, 3.63) is 23.9 Å². The van der Waals surface area contributed by atoms with Gasteiger partial charge >= 0.3 is 0 Å². The van der Waals surface area contributed by atoms with E-state index in [1.807, 2.05) is 17.2 Å². The Hall–Kier alpha value is -2.39. The van der Waals surface area contributed by atoms with Crippen LogP contribution >= 0.6 is 0 Å². The molecule has 3 saturated heterocycles. The molecule has 9 nitrogen and oxygen atoms in total. The molecule has 1 amide bonds. The zero-order chi connectivity index (χ0) is 22.3. The summed E-state index contributed by atoms with van der Waals surface area (Å²) in [5, 5.41) is 3.42. The second kappa shape index (κ2) is 11.0. The SMILES string of the molecule is CCNC(=NCc1ccnc(N2CCN(C)CC2)c1)N1CCN(C(=O)C2CCCO2)CC1. The number of amides is 1. The van der Waals surface area contributed by atoms with Gasteiger partial charge in [-0.3, -0.25) is 4.79 Å². The van der Waals surface area contributed by atoms with Gasteiger partial charge in [0.05, 0.1) is 6.54 Å². The molecule has 32 heavy (non-hydrogen) atoms. The fourth-order valence-electron chi connectivity index (χ4n) is 4.47. The highest BCUT2D eigenvalue weighted by molar-refractivity contribution is 5.82. The highest BCUT2D eigenvalue weighted by Crippen LogP contribution is 2.17. The number of nitrogens with one attached hydrogen (secondary N) is 1. The van der Waals surface area contributed by atoms with E-state index in [1.165, 1.54) is 0 Å². The minimum atomic E-state index is -0.232. The molecule has 1 atom stereocenters. The van der Waals surface area contributed by atoms with Crippen LogP contribution in [0.2, 0.25) is 0 Å². The molecule has 176 valence electrons. The summed E-state index contributed by atoms with van der Waals surface area (Å²) in [5.74, 6) is 2.10. The maximum atomic E-state index is 12.6. The van der Waals surface area contributed by atoms with Crippen molar-refractivity contribution in [2.24, 2.45) is 4.99 Å². The Balaban J connectivity index is 1.34. The number of hydrogen-bond donors (Lipinski definition) is 1. The quantitative estimate of drug-likeness (QED) is 0.528. The van der Waals surface area contributed by atoms with E-state index in [-0.39, 0.29) is 12.0 Å². The van der Waals surface area contributed by atoms with E-state index >= 15 is 0 Å². The average Bonchev–Trinajstić information content (AvgIpc) is 3.37. The van der Waals surface area contributed by atoms with Gasteiger partial charge in [0.25, 0.3) is 5.91 Å². The summed E-state index contributed by atoms with van der Waals surface area (Å²) in [6.07, 6.45) is 3.50. The normalized spacial score (nSPS) is 23.0. The third kappa shape index (κ3) is 5.69. The van der Waals surface area contributed by atoms with Gasteiger partial charge in [0.15, 0.2) is 5.96 Å². The predicted octanol–water partition coefficient (Wildman–Crippen LogP) is 0.622. The molecule has 3 fully saturated rings. The summed E-state index contributed by atoms with van der Waals surface area (Å²) in [4.78, 5) is 31.0. The van der Waals surface area contributed by atoms with Crippen molar-refractivity contribution >= 4 is 17.7 Å². The number of rotatable bonds is 5. The standard InChI is InChI=1S/C23H37N7O2/c1-3-24-23(30-14-12-29(13-15-30)22(31)20-5-4-16-32-20)26-18-19-6-7-25-21(17-19)28-10-8-27(2)9-11-28/h6-7,17,20H,3-5,8-16,18H2,1-2H3,(H,24,26). The smallest absolute Gasteiger partial charge is 0.251 e. The highest BCUT2D eigenvalue weighted by Gasteiger charge is 2.30. The lowest BCUT2D eigenvalue weighted by atomic mass is 10.2. The first-order valence-electron chi connectivity index (χ1n) is 12.0. The second-order valence-corrected chi connectivity index (χ2v) is 8.80. The van der Waals surface area contributed by atoms with Crippen molar-refractivity contribution in [1.82, 2.24) is 25.0 Å². The molecule has 9 heteroatoms. The Morgan fingerprint density at radius 1 is 1.16 bits per heavy atom. The minimum absolute atomic E-state index is 0.150. The van der Waals surface area contributed by atoms with Crippen LogP contribution in [0.5, 0.6) is 0 Å². The molecular formula is C23H37N7O2. The maximum absolute atomic E-state index is 12.6. The molecule has 3 aliphatic rings. The lowest BCUT2D eigenvalue weighted by Gasteiger charge is -2.37. The van der Waals surface area contributed by atoms with E-state index in [9.17, 15) is 4.79 Å². The first kappa shape index (κ1) is 22.8. The number of carbonyl (C=O) groups is 1. The van der Waals surface area contributed by atoms with Crippen LogP contribution in [-0.2, 0) is 16.1 Å². The number of piperazine rings is 2. The Bertz CT molecular complexity index is 780. The van der Waals surface area contributed by atoms with Crippen molar-refractivity contribution in [2.45, 2.75) is 32.4 Å². The van der Waals surface area contributed by atoms with Gasteiger partial charge in [-0.2, -0.15) is 0 Å². The van der Waals surface area contributed by atoms with Crippen LogP contribution in [0.1, 0.15) is 25.3 Å². The van der Waals surface area contributed by atoms with E-state index in [4.69, 9.17) is 9.73 Å². The van der Waals surface area contributed by atoms with Crippen LogP contribution in [-0.4, -0.2) is 110 Å². The molecule has 0 saturated carbocycles. The van der Waals surface area contributed by atoms with Crippen molar-refractivity contribution in [1.29, 1.82) is 0 Å². The van der Waals surface area contributed by atoms with Gasteiger partial charge in [-0.1, -0.05) is 0 Å². The molecule has 1 aromatic heterocycles. The van der Waals surface area contributed by atoms with Crippen LogP contribution in [0.4, 0.5) is 5.82 Å². The number of ether oxygens (including phenoxy) is 1. The molecule has 0 bridgehead atoms. The molecule has 4 rings (SSSR count). The molecule has 4 heterocycles. The van der Waals surface area contributed by atoms with Crippen LogP contribution in [0.15, 0.2) is 23.3 Å². The van der Waals surface area contributed by atoms with Gasteiger partial charge in [0.1, 0.15) is 11.9 Å². The highest BCUT2D eigenvalue weighted by atomic mass is 16.5. The third-order valence-electron chi connectivity index (χ3n) is 6.48. The maximum Gasteiger partial charge on any atom is 0.251 e. The summed E-state index contributed by atoms with van der Waals surface area (Å²) in [5.41, 5.74) is 1.16. The number of pyridine rings is 1. The fraction of sp³-hybridized carbons (Fsp3) is 0.696. The summed E-state index contributed by atoms with van der Waals surface area (Å²) >= 11 is 0. The number of hydrogen-bond acceptors (Lipinski definition) is 6. The van der Waals surface area contributed by atoms with Crippen LogP contribution in [0, 0.1) is 0 Å². The molecule has 0 aliphatic carbocycles. The zero-order valence-electron chi connectivity index (χ0n) is 19.5. The summed E-state index contributed by atoms with van der Waals surface area (Å²) in [7, 11) is 2.16. The van der Waals surface area contributed by atoms with E-state index in [0.29, 0.717) is 26.2 Å². The molecule has 0 spiro atoms. The Labute approximate surface area is 191 Å². The van der Waals surface area contributed by atoms with E-state index in [2.05, 4.69) is 45.0 Å². The Kier molecular flexibility index (Phi) is 7.81. The molecule has 1 N–H and O–H groups in total. The number of guanidine groups is 1. The first-order chi connectivity index (χ1) is 15.6. The third-order valence-corrected chi connectivity index (χ3v) is 6.48. The summed E-state index contributed by atoms with van der Waals surface area (Å²) in [6.45, 7) is 11.4. The van der Waals surface area contributed by atoms with Crippen LogP contribution < -0.4 is 10.2 Å². The largest absolute Gasteiger partial charge is 0.368 e. The second-order valence-electron chi connectivity index (χ2n) is 8.80. The molecular weight excluding hydrogens is 406 g/mol. The predicted molar refractivity (Wildman–Crippen MR) is 126 cm³/mol. The molecule has 0 radical (unpaired) electrons. The number of likely N-dealkylation sites (N-methyl/N-ethyl adjacent to an activating group) is 1. The van der Waals surface area contributed by atoms with Crippen molar-refractivity contribution in [2.75, 3.05) is 77.5 Å². The van der Waals surface area contributed by atoms with E-state index < -0.39 is 0 Å². The lowest BCUT2D eigenvalue weighted by Crippen LogP contribution is -2.55. The average molecular weight is 444 g/mol. The van der Waals surface area contributed by atoms with E-state index in [0.717, 1.165) is 76.0 Å². The van der Waals surface area contributed by atoms with Crippen molar-refractivity contribution < 1.29 is 9.53 Å². The Morgan fingerprint density at radius 2 is 1.91 bits per heavy atom.